The van der Waals surface area contributed by atoms with E-state index < -0.39 is 10.0 Å². The molecule has 0 heterocycles. The fourth-order valence-electron chi connectivity index (χ4n) is 2.21. The Morgan fingerprint density at radius 1 is 1.05 bits per heavy atom. The van der Waals surface area contributed by atoms with E-state index in [0.29, 0.717) is 4.90 Å². The SMILES string of the molecule is CCCCCCCC/C=N/S(=O)(=O)c1cc(C)ccc1C. The predicted molar refractivity (Wildman–Crippen MR) is 89.6 cm³/mol. The Morgan fingerprint density at radius 3 is 2.43 bits per heavy atom. The average molecular weight is 309 g/mol. The van der Waals surface area contributed by atoms with Crippen LogP contribution in [0.1, 0.15) is 63.0 Å². The zero-order valence-corrected chi connectivity index (χ0v) is 14.2. The molecule has 1 aromatic carbocycles. The van der Waals surface area contributed by atoms with Crippen LogP contribution in [0.2, 0.25) is 0 Å². The minimum Gasteiger partial charge on any atom is -0.199 e. The molecule has 118 valence electrons. The first-order valence-corrected chi connectivity index (χ1v) is 9.27. The molecule has 0 N–H and O–H groups in total. The van der Waals surface area contributed by atoms with E-state index in [4.69, 9.17) is 0 Å². The molecule has 0 spiro atoms. The summed E-state index contributed by atoms with van der Waals surface area (Å²) in [7, 11) is -3.55. The van der Waals surface area contributed by atoms with Crippen LogP contribution in [0.4, 0.5) is 0 Å². The number of rotatable bonds is 9. The summed E-state index contributed by atoms with van der Waals surface area (Å²) >= 11 is 0. The first-order valence-electron chi connectivity index (χ1n) is 7.83. The first kappa shape index (κ1) is 17.9. The Bertz CT molecular complexity index is 562. The van der Waals surface area contributed by atoms with Crippen molar-refractivity contribution in [2.45, 2.75) is 70.6 Å². The van der Waals surface area contributed by atoms with Crippen molar-refractivity contribution in [3.8, 4) is 0 Å². The van der Waals surface area contributed by atoms with Crippen LogP contribution < -0.4 is 0 Å². The normalized spacial score (nSPS) is 12.1. The Morgan fingerprint density at radius 2 is 1.71 bits per heavy atom. The molecule has 0 aliphatic carbocycles. The average Bonchev–Trinajstić information content (AvgIpc) is 2.44. The highest BCUT2D eigenvalue weighted by Gasteiger charge is 2.14. The maximum Gasteiger partial charge on any atom is 0.282 e. The standard InChI is InChI=1S/C17H27NO2S/c1-4-5-6-7-8-9-10-13-18-21(19,20)17-14-15(2)11-12-16(17)3/h11-14H,4-10H2,1-3H3/b18-13+. The largest absolute Gasteiger partial charge is 0.282 e. The summed E-state index contributed by atoms with van der Waals surface area (Å²) in [5.74, 6) is 0. The summed E-state index contributed by atoms with van der Waals surface area (Å²) in [5.41, 5.74) is 1.68. The first-order chi connectivity index (χ1) is 9.97. The number of sulfonamides is 1. The lowest BCUT2D eigenvalue weighted by molar-refractivity contribution is 0.597. The van der Waals surface area contributed by atoms with E-state index in [1.165, 1.54) is 25.7 Å². The lowest BCUT2D eigenvalue weighted by Gasteiger charge is -2.04. The highest BCUT2D eigenvalue weighted by atomic mass is 32.2. The van der Waals surface area contributed by atoms with Crippen molar-refractivity contribution in [1.29, 1.82) is 0 Å². The monoisotopic (exact) mass is 309 g/mol. The van der Waals surface area contributed by atoms with Crippen molar-refractivity contribution in [3.63, 3.8) is 0 Å². The Kier molecular flexibility index (Phi) is 7.65. The minimum atomic E-state index is -3.55. The molecule has 0 aliphatic rings. The van der Waals surface area contributed by atoms with Gasteiger partial charge in [-0.25, -0.2) is 0 Å². The highest BCUT2D eigenvalue weighted by Crippen LogP contribution is 2.19. The molecule has 3 nitrogen and oxygen atoms in total. The maximum atomic E-state index is 12.2. The van der Waals surface area contributed by atoms with Gasteiger partial charge < -0.3 is 0 Å². The quantitative estimate of drug-likeness (QED) is 0.485. The van der Waals surface area contributed by atoms with Crippen LogP contribution in [-0.4, -0.2) is 14.6 Å². The van der Waals surface area contributed by atoms with Crippen LogP contribution in [0.25, 0.3) is 0 Å². The van der Waals surface area contributed by atoms with Crippen LogP contribution in [-0.2, 0) is 10.0 Å². The number of benzene rings is 1. The molecular weight excluding hydrogens is 282 g/mol. The number of hydrogen-bond acceptors (Lipinski definition) is 2. The summed E-state index contributed by atoms with van der Waals surface area (Å²) in [5, 5.41) is 0. The lowest BCUT2D eigenvalue weighted by atomic mass is 10.1. The third-order valence-corrected chi connectivity index (χ3v) is 4.94. The van der Waals surface area contributed by atoms with Crippen molar-refractivity contribution in [1.82, 2.24) is 0 Å². The smallest absolute Gasteiger partial charge is 0.199 e. The minimum absolute atomic E-state index is 0.321. The highest BCUT2D eigenvalue weighted by molar-refractivity contribution is 7.90. The molecule has 4 heteroatoms. The van der Waals surface area contributed by atoms with Crippen LogP contribution in [0.3, 0.4) is 0 Å². The van der Waals surface area contributed by atoms with E-state index in [1.54, 1.807) is 19.2 Å². The molecule has 0 fully saturated rings. The van der Waals surface area contributed by atoms with Crippen molar-refractivity contribution in [3.05, 3.63) is 29.3 Å². The summed E-state index contributed by atoms with van der Waals surface area (Å²) < 4.78 is 28.2. The summed E-state index contributed by atoms with van der Waals surface area (Å²) in [4.78, 5) is 0.321. The zero-order chi connectivity index (χ0) is 15.7. The summed E-state index contributed by atoms with van der Waals surface area (Å²) in [6.07, 6.45) is 9.47. The van der Waals surface area contributed by atoms with Gasteiger partial charge in [0.15, 0.2) is 0 Å². The summed E-state index contributed by atoms with van der Waals surface area (Å²) in [6.45, 7) is 5.89. The van der Waals surface area contributed by atoms with Crippen LogP contribution >= 0.6 is 0 Å². The zero-order valence-electron chi connectivity index (χ0n) is 13.4. The molecule has 0 saturated carbocycles. The van der Waals surface area contributed by atoms with Crippen molar-refractivity contribution in [2.24, 2.45) is 4.40 Å². The number of aryl methyl sites for hydroxylation is 2. The van der Waals surface area contributed by atoms with Crippen LogP contribution in [0.5, 0.6) is 0 Å². The Balaban J connectivity index is 2.49. The Hall–Kier alpha value is -1.16. The second kappa shape index (κ2) is 8.98. The molecule has 1 rings (SSSR count). The van der Waals surface area contributed by atoms with Gasteiger partial charge in [0.05, 0.1) is 4.90 Å². The molecule has 0 saturated heterocycles. The Labute approximate surface area is 129 Å². The van der Waals surface area contributed by atoms with E-state index in [1.807, 2.05) is 19.1 Å². The fourth-order valence-corrected chi connectivity index (χ4v) is 3.43. The molecule has 0 aromatic heterocycles. The van der Waals surface area contributed by atoms with E-state index in [2.05, 4.69) is 11.3 Å². The third-order valence-electron chi connectivity index (χ3n) is 3.52. The molecule has 1 aromatic rings. The van der Waals surface area contributed by atoms with Crippen LogP contribution in [0, 0.1) is 13.8 Å². The molecule has 0 amide bonds. The molecule has 0 radical (unpaired) electrons. The molecule has 0 atom stereocenters. The molecule has 0 aliphatic heterocycles. The molecular formula is C17H27NO2S. The van der Waals surface area contributed by atoms with Gasteiger partial charge in [-0.2, -0.15) is 12.8 Å². The lowest BCUT2D eigenvalue weighted by Crippen LogP contribution is -2.00. The maximum absolute atomic E-state index is 12.2. The second-order valence-electron chi connectivity index (χ2n) is 5.59. The molecule has 0 bridgehead atoms. The predicted octanol–water partition coefficient (Wildman–Crippen LogP) is 4.81. The van der Waals surface area contributed by atoms with Gasteiger partial charge in [-0.3, -0.25) is 0 Å². The van der Waals surface area contributed by atoms with Gasteiger partial charge in [0, 0.05) is 6.21 Å². The van der Waals surface area contributed by atoms with Gasteiger partial charge in [0.2, 0.25) is 0 Å². The van der Waals surface area contributed by atoms with E-state index in [-0.39, 0.29) is 0 Å². The van der Waals surface area contributed by atoms with Gasteiger partial charge in [-0.1, -0.05) is 51.2 Å². The molecule has 0 unspecified atom stereocenters. The fraction of sp³-hybridized carbons (Fsp3) is 0.588. The van der Waals surface area contributed by atoms with Crippen molar-refractivity contribution in [2.75, 3.05) is 0 Å². The number of nitrogens with zero attached hydrogens (tertiary/aromatic N) is 1. The van der Waals surface area contributed by atoms with Crippen molar-refractivity contribution >= 4 is 16.2 Å². The van der Waals surface area contributed by atoms with Gasteiger partial charge in [0.25, 0.3) is 10.0 Å². The van der Waals surface area contributed by atoms with Crippen molar-refractivity contribution < 1.29 is 8.42 Å². The van der Waals surface area contributed by atoms with Crippen LogP contribution in [0.15, 0.2) is 27.5 Å². The van der Waals surface area contributed by atoms with E-state index in [9.17, 15) is 8.42 Å². The van der Waals surface area contributed by atoms with E-state index >= 15 is 0 Å². The topological polar surface area (TPSA) is 46.5 Å². The summed E-state index contributed by atoms with van der Waals surface area (Å²) in [6, 6.07) is 5.42. The number of hydrogen-bond donors (Lipinski definition) is 0. The third kappa shape index (κ3) is 6.42. The van der Waals surface area contributed by atoms with Gasteiger partial charge in [0.1, 0.15) is 0 Å². The van der Waals surface area contributed by atoms with E-state index in [0.717, 1.165) is 30.4 Å². The van der Waals surface area contributed by atoms with Gasteiger partial charge >= 0.3 is 0 Å². The molecule has 21 heavy (non-hydrogen) atoms. The second-order valence-corrected chi connectivity index (χ2v) is 7.19. The number of unbranched alkanes of at least 4 members (excludes halogenated alkanes) is 6. The van der Waals surface area contributed by atoms with Gasteiger partial charge in [-0.15, -0.1) is 0 Å². The van der Waals surface area contributed by atoms with Gasteiger partial charge in [-0.05, 0) is 43.9 Å².